The van der Waals surface area contributed by atoms with Crippen molar-refractivity contribution in [1.29, 1.82) is 0 Å². The van der Waals surface area contributed by atoms with E-state index in [4.69, 9.17) is 4.74 Å². The molecular formula is C14H12AsO3. The average molecular weight is 303 g/mol. The van der Waals surface area contributed by atoms with E-state index in [1.54, 1.807) is 19.2 Å². The number of hydrogen-bond acceptors (Lipinski definition) is 2. The van der Waals surface area contributed by atoms with Crippen LogP contribution >= 0.6 is 0 Å². The summed E-state index contributed by atoms with van der Waals surface area (Å²) in [5.74, 6) is -0.194. The minimum atomic E-state index is -0.890. The van der Waals surface area contributed by atoms with Gasteiger partial charge in [0.15, 0.2) is 0 Å². The van der Waals surface area contributed by atoms with Crippen LogP contribution < -0.4 is 13.4 Å². The van der Waals surface area contributed by atoms with Gasteiger partial charge >= 0.3 is 112 Å². The Balaban J connectivity index is 2.38. The summed E-state index contributed by atoms with van der Waals surface area (Å²) in [6.45, 7) is 0. The number of carboxylic acids is 1. The third kappa shape index (κ3) is 2.93. The summed E-state index contributed by atoms with van der Waals surface area (Å²) in [7, 11) is 1.58. The molecule has 0 unspecified atom stereocenters. The van der Waals surface area contributed by atoms with Crippen LogP contribution in [0.1, 0.15) is 10.4 Å². The Morgan fingerprint density at radius 2 is 1.89 bits per heavy atom. The fourth-order valence-corrected chi connectivity index (χ4v) is 3.82. The molecule has 0 heterocycles. The van der Waals surface area contributed by atoms with Gasteiger partial charge in [0.2, 0.25) is 0 Å². The van der Waals surface area contributed by atoms with Crippen molar-refractivity contribution in [3.8, 4) is 5.75 Å². The van der Waals surface area contributed by atoms with Crippen LogP contribution in [0.25, 0.3) is 0 Å². The summed E-state index contributed by atoms with van der Waals surface area (Å²) in [4.78, 5) is 11.2. The molecule has 0 bridgehead atoms. The van der Waals surface area contributed by atoms with Crippen LogP contribution in [0, 0.1) is 0 Å². The quantitative estimate of drug-likeness (QED) is 0.859. The summed E-state index contributed by atoms with van der Waals surface area (Å²) in [6, 6.07) is 15.0. The van der Waals surface area contributed by atoms with Crippen LogP contribution in [0.15, 0.2) is 48.5 Å². The molecule has 91 valence electrons. The summed E-state index contributed by atoms with van der Waals surface area (Å²) in [5, 5.41) is 9.18. The molecular weight excluding hydrogens is 291 g/mol. The van der Waals surface area contributed by atoms with E-state index in [9.17, 15) is 9.90 Å². The second-order valence-corrected chi connectivity index (χ2v) is 6.20. The summed E-state index contributed by atoms with van der Waals surface area (Å²) < 4.78 is 7.17. The van der Waals surface area contributed by atoms with E-state index in [2.05, 4.69) is 0 Å². The normalized spacial score (nSPS) is 10.7. The molecule has 2 rings (SSSR count). The van der Waals surface area contributed by atoms with Gasteiger partial charge in [0, 0.05) is 0 Å². The standard InChI is InChI=1S/C14H12AsO3/c1-18-11-7-8-12(14(16)17)13(9-11)15-10-5-3-2-4-6-10/h2-9H,1H3,(H,16,17). The maximum absolute atomic E-state index is 11.2. The van der Waals surface area contributed by atoms with E-state index in [0.29, 0.717) is 11.3 Å². The first-order valence-corrected chi connectivity index (χ1v) is 7.26. The van der Waals surface area contributed by atoms with Gasteiger partial charge in [-0.3, -0.25) is 0 Å². The molecule has 0 amide bonds. The summed E-state index contributed by atoms with van der Waals surface area (Å²) in [6.07, 6.45) is 0. The number of methoxy groups -OCH3 is 1. The number of carboxylic acid groups (broad SMARTS) is 1. The van der Waals surface area contributed by atoms with Gasteiger partial charge in [-0.1, -0.05) is 0 Å². The van der Waals surface area contributed by atoms with Gasteiger partial charge in [-0.05, 0) is 0 Å². The van der Waals surface area contributed by atoms with Crippen molar-refractivity contribution in [2.75, 3.05) is 7.11 Å². The van der Waals surface area contributed by atoms with Gasteiger partial charge in [0.1, 0.15) is 0 Å². The van der Waals surface area contributed by atoms with Crippen molar-refractivity contribution >= 4 is 30.4 Å². The predicted octanol–water partition coefficient (Wildman–Crippen LogP) is 1.05. The van der Waals surface area contributed by atoms with E-state index in [1.807, 2.05) is 36.4 Å². The average Bonchev–Trinajstić information content (AvgIpc) is 2.39. The van der Waals surface area contributed by atoms with E-state index >= 15 is 0 Å². The van der Waals surface area contributed by atoms with Gasteiger partial charge in [0.25, 0.3) is 0 Å². The van der Waals surface area contributed by atoms with Crippen LogP contribution in [0.5, 0.6) is 5.75 Å². The Hall–Kier alpha value is -1.73. The van der Waals surface area contributed by atoms with Crippen molar-refractivity contribution in [3.63, 3.8) is 0 Å². The fraction of sp³-hybridized carbons (Fsp3) is 0.0714. The molecule has 0 spiro atoms. The number of aromatic carboxylic acids is 1. The van der Waals surface area contributed by atoms with E-state index in [-0.39, 0.29) is 15.8 Å². The predicted molar refractivity (Wildman–Crippen MR) is 71.4 cm³/mol. The second-order valence-electron chi connectivity index (χ2n) is 3.64. The van der Waals surface area contributed by atoms with Crippen LogP contribution in [-0.2, 0) is 0 Å². The third-order valence-electron chi connectivity index (χ3n) is 2.44. The first-order chi connectivity index (χ1) is 8.70. The molecule has 0 saturated heterocycles. The SMILES string of the molecule is COc1ccc(C(=O)O)c([As]c2ccccc2)c1. The summed E-state index contributed by atoms with van der Waals surface area (Å²) >= 11 is -0.349. The maximum atomic E-state index is 11.2. The van der Waals surface area contributed by atoms with Gasteiger partial charge in [0.05, 0.1) is 0 Å². The second kappa shape index (κ2) is 5.74. The van der Waals surface area contributed by atoms with Crippen LogP contribution in [0.4, 0.5) is 0 Å². The van der Waals surface area contributed by atoms with Crippen molar-refractivity contribution in [2.24, 2.45) is 0 Å². The van der Waals surface area contributed by atoms with Crippen molar-refractivity contribution < 1.29 is 14.6 Å². The van der Waals surface area contributed by atoms with Crippen LogP contribution in [0.2, 0.25) is 0 Å². The van der Waals surface area contributed by atoms with Gasteiger partial charge in [-0.15, -0.1) is 0 Å². The monoisotopic (exact) mass is 303 g/mol. The molecule has 1 radical (unpaired) electrons. The molecule has 0 aliphatic heterocycles. The van der Waals surface area contributed by atoms with Gasteiger partial charge in [-0.25, -0.2) is 0 Å². The van der Waals surface area contributed by atoms with Crippen LogP contribution in [0.3, 0.4) is 0 Å². The molecule has 3 nitrogen and oxygen atoms in total. The first kappa shape index (κ1) is 12.7. The molecule has 0 aromatic heterocycles. The Morgan fingerprint density at radius 1 is 1.17 bits per heavy atom. The molecule has 1 N–H and O–H groups in total. The number of hydrogen-bond donors (Lipinski definition) is 1. The van der Waals surface area contributed by atoms with Gasteiger partial charge < -0.3 is 0 Å². The molecule has 0 fully saturated rings. The molecule has 0 aliphatic carbocycles. The van der Waals surface area contributed by atoms with E-state index in [0.717, 1.165) is 4.35 Å². The van der Waals surface area contributed by atoms with Gasteiger partial charge in [-0.2, -0.15) is 0 Å². The zero-order valence-corrected chi connectivity index (χ0v) is 11.7. The Bertz CT molecular complexity index is 552. The molecule has 18 heavy (non-hydrogen) atoms. The van der Waals surface area contributed by atoms with E-state index < -0.39 is 5.97 Å². The summed E-state index contributed by atoms with van der Waals surface area (Å²) in [5.41, 5.74) is 0.361. The van der Waals surface area contributed by atoms with Crippen molar-refractivity contribution in [1.82, 2.24) is 0 Å². The number of benzene rings is 2. The molecule has 0 atom stereocenters. The van der Waals surface area contributed by atoms with E-state index in [1.165, 1.54) is 4.35 Å². The Labute approximate surface area is 112 Å². The molecule has 2 aromatic carbocycles. The van der Waals surface area contributed by atoms with Crippen molar-refractivity contribution in [3.05, 3.63) is 54.1 Å². The topological polar surface area (TPSA) is 46.5 Å². The first-order valence-electron chi connectivity index (χ1n) is 5.39. The number of ether oxygens (including phenoxy) is 1. The molecule has 0 saturated carbocycles. The Kier molecular flexibility index (Phi) is 4.06. The Morgan fingerprint density at radius 3 is 2.50 bits per heavy atom. The molecule has 0 aliphatic rings. The fourth-order valence-electron chi connectivity index (χ4n) is 1.55. The minimum absolute atomic E-state index is 0.349. The van der Waals surface area contributed by atoms with Crippen molar-refractivity contribution in [2.45, 2.75) is 0 Å². The molecule has 4 heteroatoms. The molecule has 2 aromatic rings. The van der Waals surface area contributed by atoms with Crippen LogP contribution in [-0.4, -0.2) is 33.9 Å². The third-order valence-corrected chi connectivity index (χ3v) is 4.89. The zero-order chi connectivity index (χ0) is 13.0. The zero-order valence-electron chi connectivity index (χ0n) is 9.83. The number of carbonyl (C=O) groups is 1. The number of rotatable bonds is 4.